The van der Waals surface area contributed by atoms with Crippen LogP contribution in [0.15, 0.2) is 46.8 Å². The molecule has 0 aromatic heterocycles. The second kappa shape index (κ2) is 8.69. The van der Waals surface area contributed by atoms with Crippen molar-refractivity contribution >= 4 is 17.6 Å². The molecule has 8 nitrogen and oxygen atoms in total. The first-order valence-corrected chi connectivity index (χ1v) is 8.98. The summed E-state index contributed by atoms with van der Waals surface area (Å²) in [5.74, 6) is -2.26. The van der Waals surface area contributed by atoms with Gasteiger partial charge in [0.05, 0.1) is 34.7 Å². The Hall–Kier alpha value is -3.16. The minimum Gasteiger partial charge on any atom is -0.463 e. The van der Waals surface area contributed by atoms with Gasteiger partial charge in [0, 0.05) is 23.0 Å². The van der Waals surface area contributed by atoms with Crippen molar-refractivity contribution in [2.45, 2.75) is 46.6 Å². The molecule has 1 aliphatic rings. The molecule has 0 saturated carbocycles. The Bertz CT molecular complexity index is 869. The zero-order valence-electron chi connectivity index (χ0n) is 16.6. The molecule has 28 heavy (non-hydrogen) atoms. The van der Waals surface area contributed by atoms with Gasteiger partial charge in [-0.1, -0.05) is 18.2 Å². The van der Waals surface area contributed by atoms with Gasteiger partial charge in [-0.2, -0.15) is 0 Å². The van der Waals surface area contributed by atoms with Crippen molar-refractivity contribution in [2.24, 2.45) is 0 Å². The van der Waals surface area contributed by atoms with Gasteiger partial charge in [0.2, 0.25) is 0 Å². The molecular formula is C20H24N2O6. The fourth-order valence-electron chi connectivity index (χ4n) is 3.23. The molecule has 0 aliphatic carbocycles. The van der Waals surface area contributed by atoms with Crippen LogP contribution in [0.25, 0.3) is 0 Å². The molecule has 0 spiro atoms. The number of carbonyl (C=O) groups is 2. The number of hydrogen-bond donors (Lipinski definition) is 1. The van der Waals surface area contributed by atoms with Gasteiger partial charge in [0.15, 0.2) is 0 Å². The van der Waals surface area contributed by atoms with Gasteiger partial charge in [0.25, 0.3) is 5.69 Å². The summed E-state index contributed by atoms with van der Waals surface area (Å²) in [6.07, 6.45) is -0.391. The maximum absolute atomic E-state index is 12.9. The van der Waals surface area contributed by atoms with E-state index < -0.39 is 28.9 Å². The zero-order valence-corrected chi connectivity index (χ0v) is 16.6. The Labute approximate surface area is 163 Å². The number of allylic oxidation sites excluding steroid dienone is 2. The van der Waals surface area contributed by atoms with Gasteiger partial charge >= 0.3 is 11.9 Å². The number of esters is 2. The first-order chi connectivity index (χ1) is 13.2. The number of carbonyl (C=O) groups excluding carboxylic acids is 2. The zero-order chi connectivity index (χ0) is 21.0. The molecule has 150 valence electrons. The lowest BCUT2D eigenvalue weighted by atomic mass is 9.79. The minimum absolute atomic E-state index is 0.133. The molecule has 2 rings (SSSR count). The maximum Gasteiger partial charge on any atom is 0.337 e. The van der Waals surface area contributed by atoms with E-state index in [4.69, 9.17) is 9.47 Å². The minimum atomic E-state index is -0.979. The summed E-state index contributed by atoms with van der Waals surface area (Å²) >= 11 is 0. The fraction of sp³-hybridized carbons (Fsp3) is 0.400. The molecule has 0 amide bonds. The molecule has 0 saturated heterocycles. The van der Waals surface area contributed by atoms with E-state index in [-0.39, 0.29) is 29.0 Å². The van der Waals surface area contributed by atoms with E-state index in [1.165, 1.54) is 18.2 Å². The standard InChI is InChI=1S/C20H24N2O6/c1-6-27-19(23)16-12(4)21-13(5)17(20(24)28-11(2)3)18(16)14-9-7-8-10-15(14)22(25)26/h7-11,18,21H,6H2,1-5H3. The van der Waals surface area contributed by atoms with Crippen LogP contribution in [0, 0.1) is 10.1 Å². The van der Waals surface area contributed by atoms with Crippen LogP contribution in [0.5, 0.6) is 0 Å². The molecule has 0 fully saturated rings. The number of para-hydroxylation sites is 1. The van der Waals surface area contributed by atoms with E-state index in [2.05, 4.69) is 5.32 Å². The van der Waals surface area contributed by atoms with E-state index in [0.717, 1.165) is 0 Å². The van der Waals surface area contributed by atoms with Crippen LogP contribution in [-0.2, 0) is 19.1 Å². The largest absolute Gasteiger partial charge is 0.463 e. The Morgan fingerprint density at radius 3 is 2.25 bits per heavy atom. The predicted molar refractivity (Wildman–Crippen MR) is 102 cm³/mol. The van der Waals surface area contributed by atoms with Gasteiger partial charge in [0.1, 0.15) is 0 Å². The highest BCUT2D eigenvalue weighted by Gasteiger charge is 2.40. The van der Waals surface area contributed by atoms with Crippen molar-refractivity contribution in [3.8, 4) is 0 Å². The normalized spacial score (nSPS) is 16.7. The number of nitro groups is 1. The van der Waals surface area contributed by atoms with Gasteiger partial charge in [-0.05, 0) is 34.6 Å². The van der Waals surface area contributed by atoms with Gasteiger partial charge in [-0.25, -0.2) is 9.59 Å². The van der Waals surface area contributed by atoms with Crippen molar-refractivity contribution in [1.29, 1.82) is 0 Å². The summed E-state index contributed by atoms with van der Waals surface area (Å²) in [4.78, 5) is 36.6. The van der Waals surface area contributed by atoms with Crippen LogP contribution >= 0.6 is 0 Å². The van der Waals surface area contributed by atoms with Crippen LogP contribution in [0.1, 0.15) is 46.1 Å². The monoisotopic (exact) mass is 388 g/mol. The first kappa shape index (κ1) is 21.1. The number of nitrogens with zero attached hydrogens (tertiary/aromatic N) is 1. The quantitative estimate of drug-likeness (QED) is 0.452. The lowest BCUT2D eigenvalue weighted by Crippen LogP contribution is -2.33. The first-order valence-electron chi connectivity index (χ1n) is 8.98. The van der Waals surface area contributed by atoms with Crippen molar-refractivity contribution < 1.29 is 24.0 Å². The summed E-state index contributed by atoms with van der Waals surface area (Å²) < 4.78 is 10.5. The third-order valence-electron chi connectivity index (χ3n) is 4.26. The number of dihydropyridines is 1. The van der Waals surface area contributed by atoms with Gasteiger partial charge in [-0.15, -0.1) is 0 Å². The van der Waals surface area contributed by atoms with Crippen LogP contribution in [0.3, 0.4) is 0 Å². The number of benzene rings is 1. The molecular weight excluding hydrogens is 364 g/mol. The third kappa shape index (κ3) is 4.21. The lowest BCUT2D eigenvalue weighted by Gasteiger charge is -2.30. The number of hydrogen-bond acceptors (Lipinski definition) is 7. The molecule has 1 atom stereocenters. The second-order valence-electron chi connectivity index (χ2n) is 6.63. The van der Waals surface area contributed by atoms with Crippen LogP contribution in [0.2, 0.25) is 0 Å². The van der Waals surface area contributed by atoms with Crippen molar-refractivity contribution in [2.75, 3.05) is 6.61 Å². The van der Waals surface area contributed by atoms with Crippen LogP contribution in [-0.4, -0.2) is 29.6 Å². The van der Waals surface area contributed by atoms with E-state index >= 15 is 0 Å². The van der Waals surface area contributed by atoms with Gasteiger partial charge < -0.3 is 14.8 Å². The van der Waals surface area contributed by atoms with E-state index in [0.29, 0.717) is 11.4 Å². The Kier molecular flexibility index (Phi) is 6.56. The van der Waals surface area contributed by atoms with Crippen molar-refractivity contribution in [3.05, 3.63) is 62.5 Å². The molecule has 1 heterocycles. The molecule has 0 radical (unpaired) electrons. The summed E-state index contributed by atoms with van der Waals surface area (Å²) in [6.45, 7) is 8.55. The summed E-state index contributed by atoms with van der Waals surface area (Å²) in [5.41, 5.74) is 1.28. The molecule has 0 bridgehead atoms. The Balaban J connectivity index is 2.75. The molecule has 1 aromatic carbocycles. The second-order valence-corrected chi connectivity index (χ2v) is 6.63. The highest BCUT2D eigenvalue weighted by atomic mass is 16.6. The molecule has 1 aromatic rings. The molecule has 1 unspecified atom stereocenters. The van der Waals surface area contributed by atoms with Gasteiger partial charge in [-0.3, -0.25) is 10.1 Å². The summed E-state index contributed by atoms with van der Waals surface area (Å²) in [5, 5.41) is 14.6. The Morgan fingerprint density at radius 1 is 1.14 bits per heavy atom. The lowest BCUT2D eigenvalue weighted by molar-refractivity contribution is -0.385. The summed E-state index contributed by atoms with van der Waals surface area (Å²) in [7, 11) is 0. The molecule has 1 N–H and O–H groups in total. The Morgan fingerprint density at radius 2 is 1.71 bits per heavy atom. The molecule has 1 aliphatic heterocycles. The number of ether oxygens (including phenoxy) is 2. The van der Waals surface area contributed by atoms with Crippen molar-refractivity contribution in [3.63, 3.8) is 0 Å². The third-order valence-corrected chi connectivity index (χ3v) is 4.26. The number of rotatable bonds is 6. The van der Waals surface area contributed by atoms with E-state index in [9.17, 15) is 19.7 Å². The topological polar surface area (TPSA) is 108 Å². The van der Waals surface area contributed by atoms with E-state index in [1.807, 2.05) is 0 Å². The summed E-state index contributed by atoms with van der Waals surface area (Å²) in [6, 6.07) is 6.04. The maximum atomic E-state index is 12.9. The highest BCUT2D eigenvalue weighted by Crippen LogP contribution is 2.42. The van der Waals surface area contributed by atoms with Crippen LogP contribution in [0.4, 0.5) is 5.69 Å². The predicted octanol–water partition coefficient (Wildman–Crippen LogP) is 3.34. The fourth-order valence-corrected chi connectivity index (χ4v) is 3.23. The van der Waals surface area contributed by atoms with Crippen molar-refractivity contribution in [1.82, 2.24) is 5.32 Å². The smallest absolute Gasteiger partial charge is 0.337 e. The highest BCUT2D eigenvalue weighted by molar-refractivity contribution is 6.00. The SMILES string of the molecule is CCOC(=O)C1=C(C)NC(C)=C(C(=O)OC(C)C)C1c1ccccc1[N+](=O)[O-]. The average molecular weight is 388 g/mol. The average Bonchev–Trinajstić information content (AvgIpc) is 2.60. The molecule has 8 heteroatoms. The number of nitro benzene ring substituents is 1. The van der Waals surface area contributed by atoms with E-state index in [1.54, 1.807) is 40.7 Å². The van der Waals surface area contributed by atoms with Crippen LogP contribution < -0.4 is 5.32 Å². The number of nitrogens with one attached hydrogen (secondary N) is 1.